The number of phosphoric ester groups is 1. The van der Waals surface area contributed by atoms with Crippen molar-refractivity contribution in [1.82, 2.24) is 0 Å². The lowest BCUT2D eigenvalue weighted by molar-refractivity contribution is -0.220. The van der Waals surface area contributed by atoms with E-state index in [1.54, 1.807) is 0 Å². The molecule has 0 aromatic heterocycles. The molecule has 0 amide bonds. The van der Waals surface area contributed by atoms with Gasteiger partial charge in [0.05, 0.1) is 6.61 Å². The van der Waals surface area contributed by atoms with Gasteiger partial charge in [0.15, 0.2) is 6.10 Å². The van der Waals surface area contributed by atoms with E-state index in [2.05, 4.69) is 56.4 Å². The number of rotatable bonds is 37. The predicted molar refractivity (Wildman–Crippen MR) is 253 cm³/mol. The van der Waals surface area contributed by atoms with Gasteiger partial charge >= 0.3 is 19.8 Å². The number of unbranched alkanes of at least 4 members (excludes halogenated alkanes) is 13. The number of esters is 2. The van der Waals surface area contributed by atoms with E-state index in [1.807, 2.05) is 54.7 Å². The Morgan fingerprint density at radius 3 is 1.53 bits per heavy atom. The normalized spacial score (nSPS) is 22.4. The van der Waals surface area contributed by atoms with Crippen molar-refractivity contribution in [1.29, 1.82) is 0 Å². The summed E-state index contributed by atoms with van der Waals surface area (Å²) in [5, 5.41) is 50.1. The van der Waals surface area contributed by atoms with Crippen LogP contribution >= 0.6 is 7.82 Å². The molecule has 0 spiro atoms. The van der Waals surface area contributed by atoms with Crippen LogP contribution in [0.25, 0.3) is 0 Å². The fourth-order valence-corrected chi connectivity index (χ4v) is 7.47. The maximum atomic E-state index is 12.8. The van der Waals surface area contributed by atoms with Crippen LogP contribution in [-0.4, -0.2) is 98.3 Å². The van der Waals surface area contributed by atoms with Crippen LogP contribution in [0.15, 0.2) is 97.2 Å². The molecule has 0 aromatic carbocycles. The number of ether oxygens (including phenoxy) is 2. The monoisotopic (exact) mass is 921 g/mol. The summed E-state index contributed by atoms with van der Waals surface area (Å²) >= 11 is 0. The van der Waals surface area contributed by atoms with Crippen molar-refractivity contribution in [3.05, 3.63) is 97.2 Å². The summed E-state index contributed by atoms with van der Waals surface area (Å²) in [6.07, 6.45) is 39.1. The van der Waals surface area contributed by atoms with Crippen molar-refractivity contribution in [2.75, 3.05) is 13.2 Å². The fourth-order valence-electron chi connectivity index (χ4n) is 6.50. The number of phosphoric acid groups is 1. The number of hydrogen-bond donors (Lipinski definition) is 6. The van der Waals surface area contributed by atoms with Gasteiger partial charge in [0.2, 0.25) is 0 Å². The van der Waals surface area contributed by atoms with Crippen LogP contribution in [0.1, 0.15) is 149 Å². The summed E-state index contributed by atoms with van der Waals surface area (Å²) in [5.74, 6) is -1.20. The molecule has 14 heteroatoms. The molecule has 8 atom stereocenters. The van der Waals surface area contributed by atoms with Crippen LogP contribution < -0.4 is 0 Å². The summed E-state index contributed by atoms with van der Waals surface area (Å²) in [5.41, 5.74) is 0. The zero-order valence-electron chi connectivity index (χ0n) is 38.5. The van der Waals surface area contributed by atoms with Crippen molar-refractivity contribution in [2.45, 2.75) is 191 Å². The highest BCUT2D eigenvalue weighted by Crippen LogP contribution is 2.47. The molecule has 6 N–H and O–H groups in total. The summed E-state index contributed by atoms with van der Waals surface area (Å²) in [6, 6.07) is 0. The molecule has 0 heterocycles. The van der Waals surface area contributed by atoms with Gasteiger partial charge in [-0.2, -0.15) is 0 Å². The SMILES string of the molecule is CC/C=C/C=C/C=C/C=C/C=C/CCCC(=O)OC(COC(=O)CCCCCCCCCCC/C=C/C/C=C/C/C=C/CCCCC)COP(=O)(O)OC1C(O)C(O)C(O)[C@H](O)C1O. The second kappa shape index (κ2) is 39.0. The van der Waals surface area contributed by atoms with E-state index in [0.29, 0.717) is 19.3 Å². The Kier molecular flexibility index (Phi) is 35.8. The number of aliphatic hydroxyl groups is 5. The smallest absolute Gasteiger partial charge is 0.462 e. The van der Waals surface area contributed by atoms with Crippen molar-refractivity contribution in [3.8, 4) is 0 Å². The second-order valence-corrected chi connectivity index (χ2v) is 17.4. The molecule has 0 radical (unpaired) electrons. The number of carbonyl (C=O) groups is 2. The molecular formula is C50H81O13P. The van der Waals surface area contributed by atoms with E-state index in [0.717, 1.165) is 51.4 Å². The Morgan fingerprint density at radius 2 is 0.969 bits per heavy atom. The number of carbonyl (C=O) groups excluding carboxylic acids is 2. The van der Waals surface area contributed by atoms with E-state index in [4.69, 9.17) is 18.5 Å². The average Bonchev–Trinajstić information content (AvgIpc) is 3.28. The molecule has 7 unspecified atom stereocenters. The highest BCUT2D eigenvalue weighted by molar-refractivity contribution is 7.47. The molecule has 1 aliphatic rings. The molecule has 0 aliphatic heterocycles. The summed E-state index contributed by atoms with van der Waals surface area (Å²) in [7, 11) is -5.15. The lowest BCUT2D eigenvalue weighted by Crippen LogP contribution is -2.64. The van der Waals surface area contributed by atoms with Gasteiger partial charge in [-0.25, -0.2) is 4.57 Å². The van der Waals surface area contributed by atoms with Crippen LogP contribution in [0.3, 0.4) is 0 Å². The van der Waals surface area contributed by atoms with Gasteiger partial charge in [-0.05, 0) is 64.2 Å². The van der Waals surface area contributed by atoms with Crippen LogP contribution in [-0.2, 0) is 32.7 Å². The lowest BCUT2D eigenvalue weighted by atomic mass is 9.85. The van der Waals surface area contributed by atoms with Gasteiger partial charge in [0.1, 0.15) is 43.2 Å². The molecule has 0 aromatic rings. The highest BCUT2D eigenvalue weighted by atomic mass is 31.2. The standard InChI is InChI=1S/C50H81O13P/c1-3-5-7-9-11-13-15-17-18-19-20-21-22-23-24-25-27-28-30-32-34-36-38-43(51)60-40-42(41-61-64(58,59)63-50-48(56)46(54)45(53)47(55)49(50)57)62-44(52)39-37-35-33-31-29-26-16-14-12-10-8-6-4-2/h6,8,10-14,16-18,20-21,26,29,31,33,42,45-50,53-57H,3-5,7,9,15,19,22-25,27-28,30,32,34-41H2,1-2H3,(H,58,59)/b8-6+,12-10+,13-11+,16-14+,18-17+,21-20+,29-26+,33-31+/t42?,45?,46-,47?,48?,49?,50?/m0/s1. The van der Waals surface area contributed by atoms with Gasteiger partial charge in [-0.15, -0.1) is 0 Å². The molecule has 1 aliphatic carbocycles. The molecule has 0 bridgehead atoms. The Balaban J connectivity index is 2.45. The van der Waals surface area contributed by atoms with E-state index >= 15 is 0 Å². The lowest BCUT2D eigenvalue weighted by Gasteiger charge is -2.41. The molecule has 13 nitrogen and oxygen atoms in total. The molecule has 364 valence electrons. The van der Waals surface area contributed by atoms with Crippen molar-refractivity contribution < 1.29 is 63.1 Å². The third-order valence-corrected chi connectivity index (χ3v) is 11.3. The van der Waals surface area contributed by atoms with E-state index in [-0.39, 0.29) is 12.8 Å². The Bertz CT molecular complexity index is 1480. The summed E-state index contributed by atoms with van der Waals surface area (Å²) < 4.78 is 33.4. The first-order chi connectivity index (χ1) is 30.9. The minimum atomic E-state index is -5.15. The van der Waals surface area contributed by atoms with Gasteiger partial charge in [0, 0.05) is 12.8 Å². The van der Waals surface area contributed by atoms with E-state index in [9.17, 15) is 44.6 Å². The number of aliphatic hydroxyl groups excluding tert-OH is 5. The highest BCUT2D eigenvalue weighted by Gasteiger charge is 2.51. The maximum absolute atomic E-state index is 12.8. The third-order valence-electron chi connectivity index (χ3n) is 10.3. The first-order valence-electron chi connectivity index (χ1n) is 23.6. The molecule has 0 saturated heterocycles. The average molecular weight is 921 g/mol. The molecule has 1 rings (SSSR count). The maximum Gasteiger partial charge on any atom is 0.472 e. The molecule has 1 fully saturated rings. The summed E-state index contributed by atoms with van der Waals surface area (Å²) in [4.78, 5) is 35.7. The second-order valence-electron chi connectivity index (χ2n) is 16.0. The quantitative estimate of drug-likeness (QED) is 0.0113. The fraction of sp³-hybridized carbons (Fsp3) is 0.640. The van der Waals surface area contributed by atoms with Gasteiger partial charge in [0.25, 0.3) is 0 Å². The van der Waals surface area contributed by atoms with Crippen molar-refractivity contribution >= 4 is 19.8 Å². The van der Waals surface area contributed by atoms with Crippen molar-refractivity contribution in [2.24, 2.45) is 0 Å². The molecule has 1 saturated carbocycles. The summed E-state index contributed by atoms with van der Waals surface area (Å²) in [6.45, 7) is 3.04. The topological polar surface area (TPSA) is 210 Å². The first kappa shape index (κ1) is 58.8. The van der Waals surface area contributed by atoms with Crippen LogP contribution in [0.2, 0.25) is 0 Å². The van der Waals surface area contributed by atoms with E-state index in [1.165, 1.54) is 51.4 Å². The Hall–Kier alpha value is -3.23. The largest absolute Gasteiger partial charge is 0.472 e. The molecular weight excluding hydrogens is 840 g/mol. The van der Waals surface area contributed by atoms with Gasteiger partial charge in [-0.1, -0.05) is 169 Å². The molecule has 64 heavy (non-hydrogen) atoms. The van der Waals surface area contributed by atoms with Crippen LogP contribution in [0, 0.1) is 0 Å². The van der Waals surface area contributed by atoms with Crippen LogP contribution in [0.5, 0.6) is 0 Å². The predicted octanol–water partition coefficient (Wildman–Crippen LogP) is 9.44. The zero-order chi connectivity index (χ0) is 47.1. The van der Waals surface area contributed by atoms with Gasteiger partial charge < -0.3 is 39.9 Å². The third kappa shape index (κ3) is 30.8. The Morgan fingerprint density at radius 1 is 0.516 bits per heavy atom. The van der Waals surface area contributed by atoms with Crippen molar-refractivity contribution in [3.63, 3.8) is 0 Å². The zero-order valence-corrected chi connectivity index (χ0v) is 39.4. The van der Waals surface area contributed by atoms with Gasteiger partial charge in [-0.3, -0.25) is 18.6 Å². The number of allylic oxidation sites excluding steroid dienone is 16. The van der Waals surface area contributed by atoms with Crippen LogP contribution in [0.4, 0.5) is 0 Å². The first-order valence-corrected chi connectivity index (χ1v) is 25.1. The minimum absolute atomic E-state index is 0.00635. The Labute approximate surface area is 383 Å². The number of hydrogen-bond acceptors (Lipinski definition) is 12. The van der Waals surface area contributed by atoms with E-state index < -0.39 is 75.7 Å². The minimum Gasteiger partial charge on any atom is -0.462 e.